The summed E-state index contributed by atoms with van der Waals surface area (Å²) in [7, 11) is -1.78. The van der Waals surface area contributed by atoms with E-state index in [1.54, 1.807) is 0 Å². The summed E-state index contributed by atoms with van der Waals surface area (Å²) in [6.45, 7) is 18.8. The molecule has 0 bridgehead atoms. The minimum absolute atomic E-state index is 0.0237. The van der Waals surface area contributed by atoms with Crippen molar-refractivity contribution in [3.8, 4) is 12.3 Å². The predicted octanol–water partition coefficient (Wildman–Crippen LogP) is 4.39. The summed E-state index contributed by atoms with van der Waals surface area (Å²) < 4.78 is 6.31. The van der Waals surface area contributed by atoms with Gasteiger partial charge in [-0.2, -0.15) is 0 Å². The second-order valence-corrected chi connectivity index (χ2v) is 10.6. The Bertz CT molecular complexity index is 304. The minimum Gasteiger partial charge on any atom is -0.410 e. The Hall–Kier alpha value is -0.783. The number of hydrogen-bond donors (Lipinski definition) is 0. The SMILES string of the molecule is C#CC[C@H](C=C)[C@@H](C=C)O[Si](C)(C)C(C)(C)C. The first-order chi connectivity index (χ1) is 7.69. The van der Waals surface area contributed by atoms with Gasteiger partial charge < -0.3 is 4.43 Å². The van der Waals surface area contributed by atoms with Crippen molar-refractivity contribution in [3.63, 3.8) is 0 Å². The third-order valence-electron chi connectivity index (χ3n) is 3.55. The molecule has 96 valence electrons. The second kappa shape index (κ2) is 6.23. The van der Waals surface area contributed by atoms with Crippen LogP contribution in [0.2, 0.25) is 18.1 Å². The first kappa shape index (κ1) is 16.2. The molecular weight excluding hydrogens is 224 g/mol. The quantitative estimate of drug-likeness (QED) is 0.386. The van der Waals surface area contributed by atoms with E-state index >= 15 is 0 Å². The minimum atomic E-state index is -1.78. The van der Waals surface area contributed by atoms with Crippen LogP contribution >= 0.6 is 0 Å². The average molecular weight is 250 g/mol. The van der Waals surface area contributed by atoms with Crippen molar-refractivity contribution in [1.82, 2.24) is 0 Å². The van der Waals surface area contributed by atoms with Crippen LogP contribution < -0.4 is 0 Å². The van der Waals surface area contributed by atoms with Crippen LogP contribution in [0.25, 0.3) is 0 Å². The van der Waals surface area contributed by atoms with E-state index in [0.29, 0.717) is 6.42 Å². The molecule has 0 heterocycles. The lowest BCUT2D eigenvalue weighted by Crippen LogP contribution is -2.45. The number of hydrogen-bond acceptors (Lipinski definition) is 1. The Morgan fingerprint density at radius 1 is 1.29 bits per heavy atom. The molecule has 0 unspecified atom stereocenters. The van der Waals surface area contributed by atoms with Crippen molar-refractivity contribution in [3.05, 3.63) is 25.3 Å². The van der Waals surface area contributed by atoms with Gasteiger partial charge >= 0.3 is 0 Å². The van der Waals surface area contributed by atoms with Crippen LogP contribution in [-0.4, -0.2) is 14.4 Å². The molecule has 2 atom stereocenters. The van der Waals surface area contributed by atoms with Gasteiger partial charge in [0.25, 0.3) is 0 Å². The molecule has 0 aromatic heterocycles. The zero-order valence-corrected chi connectivity index (χ0v) is 12.9. The first-order valence-corrected chi connectivity index (χ1v) is 8.97. The van der Waals surface area contributed by atoms with Crippen molar-refractivity contribution in [2.45, 2.75) is 51.4 Å². The summed E-state index contributed by atoms with van der Waals surface area (Å²) in [5.74, 6) is 2.83. The molecule has 0 aromatic carbocycles. The molecule has 0 fully saturated rings. The van der Waals surface area contributed by atoms with Gasteiger partial charge in [-0.15, -0.1) is 25.5 Å². The van der Waals surface area contributed by atoms with Crippen LogP contribution in [-0.2, 0) is 4.43 Å². The Morgan fingerprint density at radius 2 is 1.82 bits per heavy atom. The van der Waals surface area contributed by atoms with E-state index in [1.807, 2.05) is 12.2 Å². The van der Waals surface area contributed by atoms with Gasteiger partial charge in [0, 0.05) is 12.3 Å². The summed E-state index contributed by atoms with van der Waals surface area (Å²) in [5.41, 5.74) is 0. The highest BCUT2D eigenvalue weighted by molar-refractivity contribution is 6.74. The average Bonchev–Trinajstić information content (AvgIpc) is 2.21. The lowest BCUT2D eigenvalue weighted by molar-refractivity contribution is 0.184. The molecule has 0 aliphatic rings. The zero-order valence-electron chi connectivity index (χ0n) is 11.9. The van der Waals surface area contributed by atoms with Crippen molar-refractivity contribution >= 4 is 8.32 Å². The van der Waals surface area contributed by atoms with Crippen molar-refractivity contribution < 1.29 is 4.43 Å². The highest BCUT2D eigenvalue weighted by Gasteiger charge is 2.39. The molecule has 0 aliphatic heterocycles. The fourth-order valence-electron chi connectivity index (χ4n) is 1.30. The van der Waals surface area contributed by atoms with Crippen LogP contribution in [0.3, 0.4) is 0 Å². The van der Waals surface area contributed by atoms with Gasteiger partial charge in [0.05, 0.1) is 6.10 Å². The summed E-state index contributed by atoms with van der Waals surface area (Å²) in [6, 6.07) is 0. The molecule has 0 N–H and O–H groups in total. The smallest absolute Gasteiger partial charge is 0.192 e. The number of rotatable bonds is 6. The van der Waals surface area contributed by atoms with Crippen LogP contribution in [0.4, 0.5) is 0 Å². The van der Waals surface area contributed by atoms with Gasteiger partial charge in [-0.05, 0) is 18.1 Å². The van der Waals surface area contributed by atoms with Gasteiger partial charge in [0.2, 0.25) is 0 Å². The fraction of sp³-hybridized carbons (Fsp3) is 0.600. The Balaban J connectivity index is 4.88. The summed E-state index contributed by atoms with van der Waals surface area (Å²) in [4.78, 5) is 0. The maximum absolute atomic E-state index is 6.31. The molecule has 0 radical (unpaired) electrons. The van der Waals surface area contributed by atoms with Crippen LogP contribution in [0.1, 0.15) is 27.2 Å². The molecule has 0 rings (SSSR count). The summed E-state index contributed by atoms with van der Waals surface area (Å²) >= 11 is 0. The first-order valence-electron chi connectivity index (χ1n) is 6.06. The van der Waals surface area contributed by atoms with E-state index in [1.165, 1.54) is 0 Å². The lowest BCUT2D eigenvalue weighted by Gasteiger charge is -2.40. The van der Waals surface area contributed by atoms with Gasteiger partial charge in [0.1, 0.15) is 0 Å². The summed E-state index contributed by atoms with van der Waals surface area (Å²) in [6.07, 6.45) is 9.72. The maximum Gasteiger partial charge on any atom is 0.192 e. The van der Waals surface area contributed by atoms with E-state index in [0.717, 1.165) is 0 Å². The maximum atomic E-state index is 6.31. The topological polar surface area (TPSA) is 9.23 Å². The van der Waals surface area contributed by atoms with Crippen molar-refractivity contribution in [1.29, 1.82) is 0 Å². The molecule has 17 heavy (non-hydrogen) atoms. The van der Waals surface area contributed by atoms with Gasteiger partial charge in [-0.25, -0.2) is 0 Å². The highest BCUT2D eigenvalue weighted by atomic mass is 28.4. The van der Waals surface area contributed by atoms with Crippen LogP contribution in [0.5, 0.6) is 0 Å². The standard InChI is InChI=1S/C15H26OSi/c1-9-12-13(10-2)14(11-3)16-17(7,8)15(4,5)6/h1,10-11,13-14H,2-3,12H2,4-8H3/t13-,14+/m0/s1. The Morgan fingerprint density at radius 3 is 2.12 bits per heavy atom. The Kier molecular flexibility index (Phi) is 5.94. The molecule has 0 aromatic rings. The third kappa shape index (κ3) is 4.53. The molecule has 0 saturated carbocycles. The molecule has 2 heteroatoms. The highest BCUT2D eigenvalue weighted by Crippen LogP contribution is 2.38. The fourth-order valence-corrected chi connectivity index (χ4v) is 2.60. The predicted molar refractivity (Wildman–Crippen MR) is 79.4 cm³/mol. The third-order valence-corrected chi connectivity index (χ3v) is 8.02. The van der Waals surface area contributed by atoms with Gasteiger partial charge in [0.15, 0.2) is 8.32 Å². The Labute approximate surface area is 108 Å². The molecule has 0 amide bonds. The van der Waals surface area contributed by atoms with Gasteiger partial charge in [-0.1, -0.05) is 32.9 Å². The number of terminal acetylenes is 1. The van der Waals surface area contributed by atoms with Crippen LogP contribution in [0.15, 0.2) is 25.3 Å². The van der Waals surface area contributed by atoms with Crippen molar-refractivity contribution in [2.75, 3.05) is 0 Å². The molecular formula is C15H26OSi. The largest absolute Gasteiger partial charge is 0.410 e. The van der Waals surface area contributed by atoms with Crippen LogP contribution in [0, 0.1) is 18.3 Å². The lowest BCUT2D eigenvalue weighted by atomic mass is 9.99. The summed E-state index contributed by atoms with van der Waals surface area (Å²) in [5, 5.41) is 0.191. The van der Waals surface area contributed by atoms with Crippen molar-refractivity contribution in [2.24, 2.45) is 5.92 Å². The normalized spacial score (nSPS) is 15.8. The molecule has 0 saturated heterocycles. The van der Waals surface area contributed by atoms with E-state index in [2.05, 4.69) is 52.9 Å². The molecule has 0 aliphatic carbocycles. The second-order valence-electron chi connectivity index (χ2n) is 5.89. The van der Waals surface area contributed by atoms with E-state index in [-0.39, 0.29) is 17.1 Å². The van der Waals surface area contributed by atoms with E-state index in [9.17, 15) is 0 Å². The van der Waals surface area contributed by atoms with Gasteiger partial charge in [-0.3, -0.25) is 0 Å². The zero-order chi connectivity index (χ0) is 13.7. The molecule has 0 spiro atoms. The van der Waals surface area contributed by atoms with E-state index < -0.39 is 8.32 Å². The molecule has 1 nitrogen and oxygen atoms in total. The monoisotopic (exact) mass is 250 g/mol. The van der Waals surface area contributed by atoms with E-state index in [4.69, 9.17) is 10.8 Å².